The van der Waals surface area contributed by atoms with Crippen molar-refractivity contribution in [2.75, 3.05) is 39.8 Å². The highest BCUT2D eigenvalue weighted by Crippen LogP contribution is 2.32. The van der Waals surface area contributed by atoms with E-state index in [4.69, 9.17) is 0 Å². The predicted molar refractivity (Wildman–Crippen MR) is 135 cm³/mol. The van der Waals surface area contributed by atoms with Gasteiger partial charge >= 0.3 is 5.69 Å². The monoisotopic (exact) mass is 491 g/mol. The lowest BCUT2D eigenvalue weighted by molar-refractivity contribution is 0.150. The van der Waals surface area contributed by atoms with Crippen molar-refractivity contribution in [2.45, 2.75) is 6.54 Å². The van der Waals surface area contributed by atoms with Gasteiger partial charge in [-0.25, -0.2) is 23.2 Å². The van der Waals surface area contributed by atoms with Crippen LogP contribution in [0, 0.1) is 11.6 Å². The predicted octanol–water partition coefficient (Wildman–Crippen LogP) is 3.20. The van der Waals surface area contributed by atoms with Crippen LogP contribution in [0.1, 0.15) is 0 Å². The minimum absolute atomic E-state index is 0.346. The largest absolute Gasteiger partial charge is 0.350 e. The molecule has 36 heavy (non-hydrogen) atoms. The first-order valence-electron chi connectivity index (χ1n) is 12.0. The summed E-state index contributed by atoms with van der Waals surface area (Å²) in [5.41, 5.74) is 2.35. The van der Waals surface area contributed by atoms with E-state index in [1.54, 1.807) is 12.1 Å². The molecule has 0 radical (unpaired) electrons. The van der Waals surface area contributed by atoms with Crippen LogP contribution in [0.4, 0.5) is 8.78 Å². The maximum atomic E-state index is 14.4. The first-order valence-corrected chi connectivity index (χ1v) is 12.0. The fourth-order valence-electron chi connectivity index (χ4n) is 5.18. The van der Waals surface area contributed by atoms with Crippen LogP contribution in [-0.2, 0) is 13.6 Å². The van der Waals surface area contributed by atoms with Gasteiger partial charge in [-0.1, -0.05) is 0 Å². The number of piperazine rings is 1. The van der Waals surface area contributed by atoms with Crippen LogP contribution in [0.25, 0.3) is 38.9 Å². The number of benzene rings is 2. The highest BCUT2D eigenvalue weighted by atomic mass is 19.1. The lowest BCUT2D eigenvalue weighted by atomic mass is 10.1. The zero-order valence-corrected chi connectivity index (χ0v) is 20.2. The number of halogens is 2. The Morgan fingerprint density at radius 1 is 0.889 bits per heavy atom. The second-order valence-corrected chi connectivity index (χ2v) is 9.52. The minimum atomic E-state index is -0.444. The maximum Gasteiger partial charge on any atom is 0.348 e. The number of aryl methyl sites for hydroxylation is 1. The summed E-state index contributed by atoms with van der Waals surface area (Å²) in [5.74, 6) is -0.411. The van der Waals surface area contributed by atoms with Gasteiger partial charge in [-0.05, 0) is 43.4 Å². The number of aromatic nitrogens is 5. The van der Waals surface area contributed by atoms with Crippen molar-refractivity contribution in [1.82, 2.24) is 33.7 Å². The molecule has 0 unspecified atom stereocenters. The van der Waals surface area contributed by atoms with Crippen LogP contribution >= 0.6 is 0 Å². The van der Waals surface area contributed by atoms with Crippen molar-refractivity contribution in [3.8, 4) is 17.1 Å². The molecule has 0 saturated carbocycles. The molecule has 0 amide bonds. The third-order valence-corrected chi connectivity index (χ3v) is 7.18. The van der Waals surface area contributed by atoms with Crippen molar-refractivity contribution in [2.24, 2.45) is 7.05 Å². The molecule has 8 nitrogen and oxygen atoms in total. The summed E-state index contributed by atoms with van der Waals surface area (Å²) in [4.78, 5) is 17.8. The molecule has 5 aromatic rings. The fourth-order valence-corrected chi connectivity index (χ4v) is 5.18. The van der Waals surface area contributed by atoms with E-state index < -0.39 is 5.69 Å². The minimum Gasteiger partial charge on any atom is -0.350 e. The molecule has 1 aliphatic rings. The summed E-state index contributed by atoms with van der Waals surface area (Å²) in [7, 11) is 3.99. The summed E-state index contributed by atoms with van der Waals surface area (Å²) >= 11 is 0. The zero-order valence-electron chi connectivity index (χ0n) is 20.2. The third kappa shape index (κ3) is 3.82. The Bertz CT molecular complexity index is 1640. The number of hydrogen-bond acceptors (Lipinski definition) is 4. The van der Waals surface area contributed by atoms with Crippen molar-refractivity contribution in [3.63, 3.8) is 0 Å². The van der Waals surface area contributed by atoms with E-state index >= 15 is 0 Å². The molecule has 10 heteroatoms. The highest BCUT2D eigenvalue weighted by molar-refractivity contribution is 5.96. The van der Waals surface area contributed by atoms with E-state index in [-0.39, 0.29) is 11.6 Å². The van der Waals surface area contributed by atoms with Crippen LogP contribution in [0.5, 0.6) is 0 Å². The van der Waals surface area contributed by atoms with Crippen molar-refractivity contribution >= 4 is 21.8 Å². The number of H-pyrrole nitrogens is 1. The number of nitrogens with one attached hydrogen (secondary N) is 1. The van der Waals surface area contributed by atoms with Crippen LogP contribution in [0.2, 0.25) is 0 Å². The van der Waals surface area contributed by atoms with Crippen molar-refractivity contribution in [3.05, 3.63) is 70.9 Å². The molecule has 0 bridgehead atoms. The molecular formula is C26H27F2N7O. The average Bonchev–Trinajstić information content (AvgIpc) is 3.51. The van der Waals surface area contributed by atoms with Gasteiger partial charge < -0.3 is 14.0 Å². The van der Waals surface area contributed by atoms with Crippen LogP contribution in [0.15, 0.2) is 53.6 Å². The number of aromatic amines is 1. The van der Waals surface area contributed by atoms with E-state index in [2.05, 4.69) is 31.6 Å². The number of nitrogens with zero attached hydrogens (tertiary/aromatic N) is 6. The summed E-state index contributed by atoms with van der Waals surface area (Å²) in [6.07, 6.45) is 3.70. The van der Waals surface area contributed by atoms with Gasteiger partial charge in [-0.15, -0.1) is 0 Å². The standard InChI is InChI=1S/C26H27F2N7O/c1-31-7-9-33(10-8-31)11-12-34-16-24(20-14-18(28)4-6-23(20)34)35-25(29-30-26(35)36)21-15-32(2)22-5-3-17(27)13-19(21)22/h3-6,13-16H,7-12H2,1-2H3,(H,30,36). The first kappa shape index (κ1) is 22.7. The normalized spacial score (nSPS) is 15.4. The number of fused-ring (bicyclic) bond motifs is 2. The van der Waals surface area contributed by atoms with E-state index in [0.29, 0.717) is 34.4 Å². The second kappa shape index (κ2) is 8.72. The summed E-state index contributed by atoms with van der Waals surface area (Å²) in [5, 5.41) is 8.09. The van der Waals surface area contributed by atoms with Gasteiger partial charge in [-0.3, -0.25) is 4.90 Å². The van der Waals surface area contributed by atoms with Gasteiger partial charge in [0.1, 0.15) is 11.6 Å². The average molecular weight is 492 g/mol. The Hall–Kier alpha value is -3.76. The first-order chi connectivity index (χ1) is 17.4. The van der Waals surface area contributed by atoms with Crippen LogP contribution in [-0.4, -0.2) is 73.5 Å². The molecule has 4 heterocycles. The SMILES string of the molecule is CN1CCN(CCn2cc(-n3c(-c4cn(C)c5ccc(F)cc45)n[nH]c3=O)c3cc(F)ccc32)CC1. The topological polar surface area (TPSA) is 67.0 Å². The third-order valence-electron chi connectivity index (χ3n) is 7.18. The molecule has 0 spiro atoms. The lowest BCUT2D eigenvalue weighted by Gasteiger charge is -2.32. The van der Waals surface area contributed by atoms with Crippen LogP contribution < -0.4 is 5.69 Å². The lowest BCUT2D eigenvalue weighted by Crippen LogP contribution is -2.45. The number of rotatable bonds is 5. The van der Waals surface area contributed by atoms with Gasteiger partial charge in [0.05, 0.1) is 11.2 Å². The van der Waals surface area contributed by atoms with E-state index in [1.165, 1.54) is 28.8 Å². The molecule has 3 aromatic heterocycles. The quantitative estimate of drug-likeness (QED) is 0.410. The van der Waals surface area contributed by atoms with Gasteiger partial charge in [0.2, 0.25) is 0 Å². The van der Waals surface area contributed by atoms with Crippen molar-refractivity contribution < 1.29 is 8.78 Å². The Morgan fingerprint density at radius 3 is 2.33 bits per heavy atom. The Kier molecular flexibility index (Phi) is 5.50. The molecule has 1 fully saturated rings. The number of likely N-dealkylation sites (N-methyl/N-ethyl adjacent to an activating group) is 1. The van der Waals surface area contributed by atoms with E-state index in [0.717, 1.165) is 43.8 Å². The molecule has 1 saturated heterocycles. The van der Waals surface area contributed by atoms with Gasteiger partial charge in [0.25, 0.3) is 0 Å². The van der Waals surface area contributed by atoms with E-state index in [9.17, 15) is 13.6 Å². The zero-order chi connectivity index (χ0) is 25.0. The summed E-state index contributed by atoms with van der Waals surface area (Å²) in [6.45, 7) is 5.61. The Morgan fingerprint density at radius 2 is 1.58 bits per heavy atom. The Labute approximate surface area is 206 Å². The molecule has 186 valence electrons. The van der Waals surface area contributed by atoms with Gasteiger partial charge in [0.15, 0.2) is 5.82 Å². The molecule has 6 rings (SSSR count). The van der Waals surface area contributed by atoms with Gasteiger partial charge in [-0.2, -0.15) is 5.10 Å². The van der Waals surface area contributed by atoms with Crippen molar-refractivity contribution in [1.29, 1.82) is 0 Å². The molecule has 0 atom stereocenters. The molecule has 1 N–H and O–H groups in total. The van der Waals surface area contributed by atoms with Crippen LogP contribution in [0.3, 0.4) is 0 Å². The fraction of sp³-hybridized carbons (Fsp3) is 0.308. The smallest absolute Gasteiger partial charge is 0.348 e. The molecular weight excluding hydrogens is 464 g/mol. The van der Waals surface area contributed by atoms with Gasteiger partial charge in [0, 0.05) is 80.6 Å². The number of hydrogen-bond donors (Lipinski definition) is 1. The molecule has 0 aliphatic carbocycles. The Balaban J connectivity index is 1.46. The summed E-state index contributed by atoms with van der Waals surface area (Å²) < 4.78 is 33.9. The molecule has 2 aromatic carbocycles. The second-order valence-electron chi connectivity index (χ2n) is 9.52. The summed E-state index contributed by atoms with van der Waals surface area (Å²) in [6, 6.07) is 9.17. The van der Waals surface area contributed by atoms with E-state index in [1.807, 2.05) is 24.0 Å². The molecule has 1 aliphatic heterocycles. The highest BCUT2D eigenvalue weighted by Gasteiger charge is 2.22. The maximum absolute atomic E-state index is 14.4.